The summed E-state index contributed by atoms with van der Waals surface area (Å²) in [4.78, 5) is 44.6. The van der Waals surface area contributed by atoms with Gasteiger partial charge >= 0.3 is 11.8 Å². The standard InChI is InChI=1S/C20H25N5O3S/c1-11-4-5-14(15-6-7-16(29-15)18(26)22-3)25(10-11)20(28)19(27)24-13-8-12(2)17(21)23-9-13/h6-9,11,14H,4-5,10H2,1-3H3,(H2,21,23)(H,22,26)(H,24,27). The zero-order valence-electron chi connectivity index (χ0n) is 16.7. The Morgan fingerprint density at radius 1 is 1.28 bits per heavy atom. The van der Waals surface area contributed by atoms with Crippen molar-refractivity contribution in [2.24, 2.45) is 5.92 Å². The molecule has 1 aliphatic rings. The molecule has 3 rings (SSSR count). The third kappa shape index (κ3) is 4.56. The molecule has 2 atom stereocenters. The van der Waals surface area contributed by atoms with E-state index in [1.54, 1.807) is 31.0 Å². The van der Waals surface area contributed by atoms with Gasteiger partial charge in [0.15, 0.2) is 0 Å². The zero-order chi connectivity index (χ0) is 21.1. The molecule has 1 saturated heterocycles. The van der Waals surface area contributed by atoms with Crippen LogP contribution < -0.4 is 16.4 Å². The second-order valence-corrected chi connectivity index (χ2v) is 8.43. The molecule has 2 aromatic heterocycles. The summed E-state index contributed by atoms with van der Waals surface area (Å²) in [5.41, 5.74) is 6.85. The molecule has 0 radical (unpaired) electrons. The number of amides is 3. The highest BCUT2D eigenvalue weighted by Crippen LogP contribution is 2.37. The van der Waals surface area contributed by atoms with Gasteiger partial charge in [-0.2, -0.15) is 0 Å². The lowest BCUT2D eigenvalue weighted by Crippen LogP contribution is -2.46. The maximum atomic E-state index is 13.0. The predicted molar refractivity (Wildman–Crippen MR) is 113 cm³/mol. The summed E-state index contributed by atoms with van der Waals surface area (Å²) in [5.74, 6) is -0.790. The third-order valence-corrected chi connectivity index (χ3v) is 6.24. The maximum Gasteiger partial charge on any atom is 0.313 e. The average Bonchev–Trinajstić information content (AvgIpc) is 3.19. The van der Waals surface area contributed by atoms with Crippen molar-refractivity contribution in [1.29, 1.82) is 0 Å². The van der Waals surface area contributed by atoms with Crippen LogP contribution in [0, 0.1) is 12.8 Å². The molecule has 1 fully saturated rings. The van der Waals surface area contributed by atoms with Crippen LogP contribution in [0.15, 0.2) is 24.4 Å². The number of nitrogens with zero attached hydrogens (tertiary/aromatic N) is 2. The number of pyridine rings is 1. The number of thiophene rings is 1. The van der Waals surface area contributed by atoms with Gasteiger partial charge in [-0.3, -0.25) is 14.4 Å². The minimum atomic E-state index is -0.710. The molecule has 29 heavy (non-hydrogen) atoms. The van der Waals surface area contributed by atoms with E-state index in [1.807, 2.05) is 6.07 Å². The average molecular weight is 416 g/mol. The molecule has 8 nitrogen and oxygen atoms in total. The molecule has 3 heterocycles. The van der Waals surface area contributed by atoms with E-state index in [0.29, 0.717) is 28.8 Å². The molecule has 9 heteroatoms. The first-order valence-corrected chi connectivity index (χ1v) is 10.3. The summed E-state index contributed by atoms with van der Waals surface area (Å²) in [6.45, 7) is 4.33. The molecule has 4 N–H and O–H groups in total. The van der Waals surface area contributed by atoms with Crippen molar-refractivity contribution in [1.82, 2.24) is 15.2 Å². The van der Waals surface area contributed by atoms with E-state index in [1.165, 1.54) is 17.5 Å². The Kier molecular flexibility index (Phi) is 6.17. The second kappa shape index (κ2) is 8.60. The van der Waals surface area contributed by atoms with Crippen molar-refractivity contribution in [3.8, 4) is 0 Å². The van der Waals surface area contributed by atoms with Crippen LogP contribution in [0.2, 0.25) is 0 Å². The van der Waals surface area contributed by atoms with Gasteiger partial charge in [0, 0.05) is 18.5 Å². The smallest absolute Gasteiger partial charge is 0.313 e. The molecule has 0 saturated carbocycles. The minimum absolute atomic E-state index is 0.160. The summed E-state index contributed by atoms with van der Waals surface area (Å²) in [6, 6.07) is 5.07. The molecule has 1 aliphatic heterocycles. The topological polar surface area (TPSA) is 117 Å². The number of likely N-dealkylation sites (tertiary alicyclic amines) is 1. The Morgan fingerprint density at radius 2 is 2.03 bits per heavy atom. The lowest BCUT2D eigenvalue weighted by atomic mass is 9.93. The first kappa shape index (κ1) is 20.8. The summed E-state index contributed by atoms with van der Waals surface area (Å²) in [7, 11) is 1.58. The molecule has 2 unspecified atom stereocenters. The Balaban J connectivity index is 1.79. The van der Waals surface area contributed by atoms with Crippen molar-refractivity contribution >= 4 is 40.6 Å². The predicted octanol–water partition coefficient (Wildman–Crippen LogP) is 2.33. The Morgan fingerprint density at radius 3 is 2.72 bits per heavy atom. The molecule has 0 spiro atoms. The number of carbonyl (C=O) groups excluding carboxylic acids is 3. The monoisotopic (exact) mass is 415 g/mol. The molecular weight excluding hydrogens is 390 g/mol. The fraction of sp³-hybridized carbons (Fsp3) is 0.400. The van der Waals surface area contributed by atoms with Gasteiger partial charge in [0.1, 0.15) is 5.82 Å². The molecule has 0 bridgehead atoms. The summed E-state index contributed by atoms with van der Waals surface area (Å²) < 4.78 is 0. The van der Waals surface area contributed by atoms with Gasteiger partial charge in [-0.05, 0) is 49.4 Å². The first-order chi connectivity index (χ1) is 13.8. The van der Waals surface area contributed by atoms with E-state index in [2.05, 4.69) is 22.5 Å². The lowest BCUT2D eigenvalue weighted by molar-refractivity contribution is -0.146. The van der Waals surface area contributed by atoms with Crippen LogP contribution in [0.25, 0.3) is 0 Å². The van der Waals surface area contributed by atoms with Crippen LogP contribution in [0.3, 0.4) is 0 Å². The van der Waals surface area contributed by atoms with Crippen molar-refractivity contribution in [3.05, 3.63) is 39.7 Å². The number of hydrogen-bond acceptors (Lipinski definition) is 6. The van der Waals surface area contributed by atoms with E-state index < -0.39 is 11.8 Å². The van der Waals surface area contributed by atoms with Crippen LogP contribution in [-0.4, -0.2) is 41.2 Å². The number of piperidine rings is 1. The highest BCUT2D eigenvalue weighted by molar-refractivity contribution is 7.14. The number of carbonyl (C=O) groups is 3. The third-order valence-electron chi connectivity index (χ3n) is 5.06. The van der Waals surface area contributed by atoms with Crippen molar-refractivity contribution in [2.75, 3.05) is 24.6 Å². The number of nitrogens with two attached hydrogens (primary N) is 1. The van der Waals surface area contributed by atoms with Crippen LogP contribution in [0.5, 0.6) is 0 Å². The zero-order valence-corrected chi connectivity index (χ0v) is 17.5. The van der Waals surface area contributed by atoms with Crippen LogP contribution >= 0.6 is 11.3 Å². The van der Waals surface area contributed by atoms with Gasteiger partial charge in [-0.1, -0.05) is 6.92 Å². The summed E-state index contributed by atoms with van der Waals surface area (Å²) >= 11 is 1.35. The molecule has 3 amide bonds. The van der Waals surface area contributed by atoms with E-state index in [0.717, 1.165) is 23.3 Å². The molecule has 2 aromatic rings. The van der Waals surface area contributed by atoms with E-state index in [4.69, 9.17) is 5.73 Å². The largest absolute Gasteiger partial charge is 0.383 e. The van der Waals surface area contributed by atoms with Crippen LogP contribution in [-0.2, 0) is 9.59 Å². The Labute approximate surface area is 173 Å². The van der Waals surface area contributed by atoms with Crippen molar-refractivity contribution < 1.29 is 14.4 Å². The van der Waals surface area contributed by atoms with Crippen LogP contribution in [0.4, 0.5) is 11.5 Å². The first-order valence-electron chi connectivity index (χ1n) is 9.46. The molecule has 0 aromatic carbocycles. The van der Waals surface area contributed by atoms with Gasteiger partial charge in [0.25, 0.3) is 5.91 Å². The number of aromatic nitrogens is 1. The van der Waals surface area contributed by atoms with E-state index in [9.17, 15) is 14.4 Å². The quantitative estimate of drug-likeness (QED) is 0.665. The highest BCUT2D eigenvalue weighted by Gasteiger charge is 2.35. The summed E-state index contributed by atoms with van der Waals surface area (Å²) in [6.07, 6.45) is 3.12. The fourth-order valence-corrected chi connectivity index (χ4v) is 4.52. The number of nitrogen functional groups attached to an aromatic ring is 1. The number of aryl methyl sites for hydroxylation is 1. The van der Waals surface area contributed by atoms with Crippen molar-refractivity contribution in [3.63, 3.8) is 0 Å². The Hall–Kier alpha value is -2.94. The molecule has 154 valence electrons. The van der Waals surface area contributed by atoms with Crippen LogP contribution in [0.1, 0.15) is 45.9 Å². The summed E-state index contributed by atoms with van der Waals surface area (Å²) in [5, 5.41) is 5.22. The number of hydrogen-bond donors (Lipinski definition) is 3. The number of nitrogens with one attached hydrogen (secondary N) is 2. The fourth-order valence-electron chi connectivity index (χ4n) is 3.42. The molecule has 0 aliphatic carbocycles. The van der Waals surface area contributed by atoms with Gasteiger partial charge in [-0.25, -0.2) is 4.98 Å². The van der Waals surface area contributed by atoms with E-state index >= 15 is 0 Å². The minimum Gasteiger partial charge on any atom is -0.383 e. The lowest BCUT2D eigenvalue weighted by Gasteiger charge is -2.37. The number of rotatable bonds is 3. The van der Waals surface area contributed by atoms with Gasteiger partial charge in [-0.15, -0.1) is 11.3 Å². The van der Waals surface area contributed by atoms with Gasteiger partial charge in [0.2, 0.25) is 0 Å². The Bertz CT molecular complexity index is 942. The SMILES string of the molecule is CNC(=O)c1ccc(C2CCC(C)CN2C(=O)C(=O)Nc2cnc(N)c(C)c2)s1. The molecular formula is C20H25N5O3S. The van der Waals surface area contributed by atoms with E-state index in [-0.39, 0.29) is 11.9 Å². The van der Waals surface area contributed by atoms with Gasteiger partial charge in [0.05, 0.1) is 22.8 Å². The van der Waals surface area contributed by atoms with Crippen molar-refractivity contribution in [2.45, 2.75) is 32.7 Å². The van der Waals surface area contributed by atoms with Gasteiger partial charge < -0.3 is 21.3 Å². The normalized spacial score (nSPS) is 18.9. The maximum absolute atomic E-state index is 13.0. The second-order valence-electron chi connectivity index (χ2n) is 7.32. The number of anilines is 2. The highest BCUT2D eigenvalue weighted by atomic mass is 32.1.